The molecule has 0 aliphatic heterocycles. The lowest BCUT2D eigenvalue weighted by Gasteiger charge is -2.06. The molecule has 0 radical (unpaired) electrons. The fraction of sp³-hybridized carbons (Fsp3) is 0.462. The molecule has 0 bridgehead atoms. The summed E-state index contributed by atoms with van der Waals surface area (Å²) in [5.41, 5.74) is 0.609. The van der Waals surface area contributed by atoms with Gasteiger partial charge in [-0.15, -0.1) is 0 Å². The molecule has 0 fully saturated rings. The highest BCUT2D eigenvalue weighted by Gasteiger charge is 2.00. The zero-order chi connectivity index (χ0) is 11.6. The number of hydrogen-bond acceptors (Lipinski definition) is 3. The molecule has 3 heteroatoms. The van der Waals surface area contributed by atoms with Crippen LogP contribution in [-0.2, 0) is 0 Å². The fourth-order valence-electron chi connectivity index (χ4n) is 1.43. The lowest BCUT2D eigenvalue weighted by molar-refractivity contribution is 0.304. The smallest absolute Gasteiger partial charge is 0.137 e. The monoisotopic (exact) mass is 235 g/mol. The summed E-state index contributed by atoms with van der Waals surface area (Å²) in [4.78, 5) is 0. The van der Waals surface area contributed by atoms with Crippen molar-refractivity contribution in [3.63, 3.8) is 0 Å². The second-order valence-corrected chi connectivity index (χ2v) is 4.04. The number of hydrogen-bond donors (Lipinski definition) is 1. The van der Waals surface area contributed by atoms with E-state index in [0.29, 0.717) is 17.9 Å². The summed E-state index contributed by atoms with van der Waals surface area (Å²) in [6.45, 7) is 0.686. The van der Waals surface area contributed by atoms with Gasteiger partial charge in [0.15, 0.2) is 0 Å². The molecule has 0 amide bonds. The van der Waals surface area contributed by atoms with Gasteiger partial charge in [-0.1, -0.05) is 25.0 Å². The number of thiol groups is 1. The van der Waals surface area contributed by atoms with Crippen molar-refractivity contribution < 1.29 is 4.74 Å². The van der Waals surface area contributed by atoms with Crippen LogP contribution < -0.4 is 4.74 Å². The van der Waals surface area contributed by atoms with Gasteiger partial charge in [0.05, 0.1) is 12.2 Å². The summed E-state index contributed by atoms with van der Waals surface area (Å²) in [7, 11) is 0. The largest absolute Gasteiger partial charge is 0.492 e. The maximum absolute atomic E-state index is 8.85. The molecule has 2 nitrogen and oxygen atoms in total. The molecule has 1 aromatic rings. The molecule has 0 atom stereocenters. The summed E-state index contributed by atoms with van der Waals surface area (Å²) >= 11 is 4.16. The predicted molar refractivity (Wildman–Crippen MR) is 69.0 cm³/mol. The Labute approximate surface area is 103 Å². The second kappa shape index (κ2) is 8.06. The SMILES string of the molecule is N#Cc1ccccc1OCCCCCCS. The van der Waals surface area contributed by atoms with E-state index in [9.17, 15) is 0 Å². The highest BCUT2D eigenvalue weighted by atomic mass is 32.1. The van der Waals surface area contributed by atoms with E-state index >= 15 is 0 Å². The number of unbranched alkanes of at least 4 members (excludes halogenated alkanes) is 3. The number of nitriles is 1. The average Bonchev–Trinajstić information content (AvgIpc) is 2.34. The molecule has 0 saturated heterocycles. The van der Waals surface area contributed by atoms with Gasteiger partial charge in [-0.3, -0.25) is 0 Å². The molecule has 0 heterocycles. The molecule has 0 aliphatic rings. The lowest BCUT2D eigenvalue weighted by Crippen LogP contribution is -1.98. The van der Waals surface area contributed by atoms with Crippen LogP contribution in [0.1, 0.15) is 31.2 Å². The molecule has 1 aromatic carbocycles. The third kappa shape index (κ3) is 4.59. The summed E-state index contributed by atoms with van der Waals surface area (Å²) in [5.74, 6) is 1.65. The Bertz CT molecular complexity index is 346. The molecule has 0 aliphatic carbocycles. The van der Waals surface area contributed by atoms with Crippen molar-refractivity contribution >= 4 is 12.6 Å². The lowest BCUT2D eigenvalue weighted by atomic mass is 10.2. The Morgan fingerprint density at radius 1 is 1.12 bits per heavy atom. The Kier molecular flexibility index (Phi) is 6.52. The number of nitrogens with zero attached hydrogens (tertiary/aromatic N) is 1. The van der Waals surface area contributed by atoms with Crippen molar-refractivity contribution in [2.24, 2.45) is 0 Å². The minimum absolute atomic E-state index is 0.609. The van der Waals surface area contributed by atoms with Crippen molar-refractivity contribution in [3.8, 4) is 11.8 Å². The van der Waals surface area contributed by atoms with Gasteiger partial charge in [-0.05, 0) is 30.7 Å². The van der Waals surface area contributed by atoms with E-state index in [1.807, 2.05) is 18.2 Å². The highest BCUT2D eigenvalue weighted by Crippen LogP contribution is 2.16. The Morgan fingerprint density at radius 3 is 2.62 bits per heavy atom. The highest BCUT2D eigenvalue weighted by molar-refractivity contribution is 7.80. The van der Waals surface area contributed by atoms with Crippen LogP contribution in [-0.4, -0.2) is 12.4 Å². The zero-order valence-corrected chi connectivity index (χ0v) is 10.2. The average molecular weight is 235 g/mol. The Hall–Kier alpha value is -1.14. The van der Waals surface area contributed by atoms with Crippen LogP contribution in [0.15, 0.2) is 24.3 Å². The summed E-state index contributed by atoms with van der Waals surface area (Å²) in [6.07, 6.45) is 4.56. The van der Waals surface area contributed by atoms with Gasteiger partial charge in [-0.25, -0.2) is 0 Å². The summed E-state index contributed by atoms with van der Waals surface area (Å²) in [5, 5.41) is 8.85. The van der Waals surface area contributed by atoms with Crippen molar-refractivity contribution in [1.82, 2.24) is 0 Å². The molecule has 0 aromatic heterocycles. The summed E-state index contributed by atoms with van der Waals surface area (Å²) < 4.78 is 5.57. The maximum Gasteiger partial charge on any atom is 0.137 e. The van der Waals surface area contributed by atoms with Gasteiger partial charge in [0, 0.05) is 0 Å². The molecular formula is C13H17NOS. The molecule has 16 heavy (non-hydrogen) atoms. The van der Waals surface area contributed by atoms with Gasteiger partial charge in [0.2, 0.25) is 0 Å². The second-order valence-electron chi connectivity index (χ2n) is 3.59. The van der Waals surface area contributed by atoms with Crippen LogP contribution in [0.3, 0.4) is 0 Å². The van der Waals surface area contributed by atoms with E-state index in [1.54, 1.807) is 6.07 Å². The van der Waals surface area contributed by atoms with Crippen LogP contribution >= 0.6 is 12.6 Å². The van der Waals surface area contributed by atoms with Gasteiger partial charge in [-0.2, -0.15) is 17.9 Å². The molecule has 86 valence electrons. The van der Waals surface area contributed by atoms with Crippen molar-refractivity contribution in [1.29, 1.82) is 5.26 Å². The molecular weight excluding hydrogens is 218 g/mol. The van der Waals surface area contributed by atoms with Crippen LogP contribution in [0.2, 0.25) is 0 Å². The minimum atomic E-state index is 0.609. The number of rotatable bonds is 7. The third-order valence-electron chi connectivity index (χ3n) is 2.32. The molecule has 0 N–H and O–H groups in total. The van der Waals surface area contributed by atoms with E-state index in [4.69, 9.17) is 10.00 Å². The number of benzene rings is 1. The normalized spacial score (nSPS) is 9.75. The molecule has 1 rings (SSSR count). The van der Waals surface area contributed by atoms with E-state index in [1.165, 1.54) is 6.42 Å². The number of para-hydroxylation sites is 1. The Morgan fingerprint density at radius 2 is 1.88 bits per heavy atom. The van der Waals surface area contributed by atoms with Gasteiger partial charge in [0.1, 0.15) is 11.8 Å². The van der Waals surface area contributed by atoms with E-state index in [0.717, 1.165) is 25.0 Å². The van der Waals surface area contributed by atoms with Gasteiger partial charge < -0.3 is 4.74 Å². The molecule has 0 saturated carbocycles. The first-order valence-electron chi connectivity index (χ1n) is 5.61. The molecule has 0 unspecified atom stereocenters. The van der Waals surface area contributed by atoms with Crippen LogP contribution in [0, 0.1) is 11.3 Å². The maximum atomic E-state index is 8.85. The van der Waals surface area contributed by atoms with Crippen molar-refractivity contribution in [2.45, 2.75) is 25.7 Å². The molecule has 0 spiro atoms. The van der Waals surface area contributed by atoms with E-state index in [-0.39, 0.29) is 0 Å². The van der Waals surface area contributed by atoms with Crippen molar-refractivity contribution in [2.75, 3.05) is 12.4 Å². The quantitative estimate of drug-likeness (QED) is 0.580. The topological polar surface area (TPSA) is 33.0 Å². The minimum Gasteiger partial charge on any atom is -0.492 e. The fourth-order valence-corrected chi connectivity index (χ4v) is 1.66. The first-order chi connectivity index (χ1) is 7.88. The van der Waals surface area contributed by atoms with Crippen LogP contribution in [0.5, 0.6) is 5.75 Å². The summed E-state index contributed by atoms with van der Waals surface area (Å²) in [6, 6.07) is 9.47. The third-order valence-corrected chi connectivity index (χ3v) is 2.63. The predicted octanol–water partition coefficient (Wildman–Crippen LogP) is 3.43. The Balaban J connectivity index is 2.24. The number of ether oxygens (including phenoxy) is 1. The standard InChI is InChI=1S/C13H17NOS/c14-11-12-7-3-4-8-13(12)15-9-5-1-2-6-10-16/h3-4,7-8,16H,1-2,5-6,9-10H2. The van der Waals surface area contributed by atoms with Crippen LogP contribution in [0.25, 0.3) is 0 Å². The zero-order valence-electron chi connectivity index (χ0n) is 9.35. The van der Waals surface area contributed by atoms with E-state index < -0.39 is 0 Å². The van der Waals surface area contributed by atoms with Crippen molar-refractivity contribution in [3.05, 3.63) is 29.8 Å². The van der Waals surface area contributed by atoms with E-state index in [2.05, 4.69) is 18.7 Å². The first kappa shape index (κ1) is 12.9. The van der Waals surface area contributed by atoms with Gasteiger partial charge in [0.25, 0.3) is 0 Å². The first-order valence-corrected chi connectivity index (χ1v) is 6.24. The van der Waals surface area contributed by atoms with Crippen LogP contribution in [0.4, 0.5) is 0 Å². The van der Waals surface area contributed by atoms with Gasteiger partial charge >= 0.3 is 0 Å².